The van der Waals surface area contributed by atoms with Crippen molar-refractivity contribution in [1.29, 1.82) is 0 Å². The van der Waals surface area contributed by atoms with Gasteiger partial charge in [0, 0.05) is 16.8 Å². The molecule has 1 atom stereocenters. The van der Waals surface area contributed by atoms with Crippen molar-refractivity contribution < 1.29 is 23.5 Å². The highest BCUT2D eigenvalue weighted by atomic mass is 35.5. The molecule has 3 aromatic rings. The monoisotopic (exact) mass is 448 g/mol. The number of hydrogen-bond donors (Lipinski definition) is 2. The van der Waals surface area contributed by atoms with E-state index in [4.69, 9.17) is 37.1 Å². The van der Waals surface area contributed by atoms with Crippen LogP contribution in [0.1, 0.15) is 17.5 Å². The number of carbonyl (C=O) groups excluding carboxylic acids is 2. The van der Waals surface area contributed by atoms with Gasteiger partial charge in [-0.2, -0.15) is 0 Å². The summed E-state index contributed by atoms with van der Waals surface area (Å²) in [5.74, 6) is 0.0629. The van der Waals surface area contributed by atoms with E-state index in [0.717, 1.165) is 0 Å². The Bertz CT molecular complexity index is 1050. The van der Waals surface area contributed by atoms with Crippen LogP contribution in [0.15, 0.2) is 59.2 Å². The van der Waals surface area contributed by atoms with Gasteiger partial charge in [-0.1, -0.05) is 23.2 Å². The van der Waals surface area contributed by atoms with Crippen LogP contribution in [0.25, 0.3) is 0 Å². The maximum Gasteiger partial charge on any atom is 0.291 e. The number of hydrogen-bond acceptors (Lipinski definition) is 5. The molecule has 156 valence electrons. The van der Waals surface area contributed by atoms with Crippen LogP contribution in [0.5, 0.6) is 11.5 Å². The van der Waals surface area contributed by atoms with Crippen LogP contribution in [-0.4, -0.2) is 25.0 Å². The molecule has 0 aliphatic heterocycles. The lowest BCUT2D eigenvalue weighted by molar-refractivity contribution is -0.122. The summed E-state index contributed by atoms with van der Waals surface area (Å²) in [5.41, 5.74) is 0.889. The van der Waals surface area contributed by atoms with Crippen LogP contribution < -0.4 is 20.1 Å². The van der Waals surface area contributed by atoms with Crippen molar-refractivity contribution in [3.8, 4) is 11.5 Å². The molecular formula is C21H18Cl2N2O5. The number of ether oxygens (including phenoxy) is 2. The molecule has 1 aromatic heterocycles. The van der Waals surface area contributed by atoms with E-state index in [9.17, 15) is 9.59 Å². The van der Waals surface area contributed by atoms with Crippen molar-refractivity contribution in [3.63, 3.8) is 0 Å². The average molecular weight is 449 g/mol. The fourth-order valence-corrected chi connectivity index (χ4v) is 2.98. The van der Waals surface area contributed by atoms with Crippen molar-refractivity contribution in [2.24, 2.45) is 0 Å². The Hall–Kier alpha value is -3.16. The summed E-state index contributed by atoms with van der Waals surface area (Å²) < 4.78 is 16.0. The van der Waals surface area contributed by atoms with E-state index >= 15 is 0 Å². The smallest absolute Gasteiger partial charge is 0.291 e. The van der Waals surface area contributed by atoms with Crippen molar-refractivity contribution in [2.45, 2.75) is 13.0 Å². The van der Waals surface area contributed by atoms with E-state index in [0.29, 0.717) is 32.9 Å². The number of methoxy groups -OCH3 is 1. The topological polar surface area (TPSA) is 89.8 Å². The zero-order valence-electron chi connectivity index (χ0n) is 16.1. The Morgan fingerprint density at radius 2 is 1.83 bits per heavy atom. The number of nitrogens with one attached hydrogen (secondary N) is 2. The Morgan fingerprint density at radius 3 is 2.50 bits per heavy atom. The highest BCUT2D eigenvalue weighted by Crippen LogP contribution is 2.30. The number of benzene rings is 2. The molecule has 2 amide bonds. The molecule has 3 rings (SSSR count). The molecule has 0 aliphatic carbocycles. The summed E-state index contributed by atoms with van der Waals surface area (Å²) in [7, 11) is 1.46. The normalized spacial score (nSPS) is 11.5. The van der Waals surface area contributed by atoms with Gasteiger partial charge in [0.15, 0.2) is 11.9 Å². The molecule has 0 bridgehead atoms. The van der Waals surface area contributed by atoms with Crippen molar-refractivity contribution in [3.05, 3.63) is 70.6 Å². The molecule has 0 saturated carbocycles. The highest BCUT2D eigenvalue weighted by molar-refractivity contribution is 6.35. The van der Waals surface area contributed by atoms with Crippen LogP contribution in [0.2, 0.25) is 10.0 Å². The lowest BCUT2D eigenvalue weighted by Gasteiger charge is -2.17. The van der Waals surface area contributed by atoms with Gasteiger partial charge in [0.25, 0.3) is 11.8 Å². The average Bonchev–Trinajstić information content (AvgIpc) is 3.26. The van der Waals surface area contributed by atoms with Gasteiger partial charge in [-0.25, -0.2) is 0 Å². The third-order valence-electron chi connectivity index (χ3n) is 4.03. The van der Waals surface area contributed by atoms with E-state index in [1.807, 2.05) is 0 Å². The minimum atomic E-state index is -0.826. The maximum absolute atomic E-state index is 12.5. The first-order valence-electron chi connectivity index (χ1n) is 8.83. The largest absolute Gasteiger partial charge is 0.494 e. The predicted octanol–water partition coefficient (Wildman–Crippen LogP) is 5.25. The third-order valence-corrected chi connectivity index (χ3v) is 4.56. The third kappa shape index (κ3) is 5.25. The molecule has 0 fully saturated rings. The Balaban J connectivity index is 1.66. The summed E-state index contributed by atoms with van der Waals surface area (Å²) in [6.45, 7) is 1.59. The van der Waals surface area contributed by atoms with Crippen LogP contribution >= 0.6 is 23.2 Å². The molecule has 2 N–H and O–H groups in total. The molecule has 30 heavy (non-hydrogen) atoms. The van der Waals surface area contributed by atoms with Crippen LogP contribution in [-0.2, 0) is 4.79 Å². The van der Waals surface area contributed by atoms with E-state index in [1.54, 1.807) is 49.4 Å². The van der Waals surface area contributed by atoms with E-state index in [1.165, 1.54) is 19.4 Å². The first kappa shape index (κ1) is 21.5. The van der Waals surface area contributed by atoms with Crippen molar-refractivity contribution in [2.75, 3.05) is 17.7 Å². The van der Waals surface area contributed by atoms with Crippen LogP contribution in [0.4, 0.5) is 11.4 Å². The van der Waals surface area contributed by atoms with Gasteiger partial charge < -0.3 is 24.5 Å². The molecule has 7 nitrogen and oxygen atoms in total. The highest BCUT2D eigenvalue weighted by Gasteiger charge is 2.18. The molecule has 0 unspecified atom stereocenters. The van der Waals surface area contributed by atoms with E-state index in [-0.39, 0.29) is 5.76 Å². The SMILES string of the molecule is COc1cc(NC(=O)[C@H](C)Oc2ccc(Cl)cc2Cl)ccc1NC(=O)c1ccco1. The molecular weight excluding hydrogens is 431 g/mol. The summed E-state index contributed by atoms with van der Waals surface area (Å²) in [6, 6.07) is 12.7. The lowest BCUT2D eigenvalue weighted by atomic mass is 10.2. The molecule has 9 heteroatoms. The Kier molecular flexibility index (Phi) is 6.87. The maximum atomic E-state index is 12.5. The van der Waals surface area contributed by atoms with Crippen LogP contribution in [0, 0.1) is 0 Å². The minimum Gasteiger partial charge on any atom is -0.494 e. The number of anilines is 2. The lowest BCUT2D eigenvalue weighted by Crippen LogP contribution is -2.30. The van der Waals surface area contributed by atoms with E-state index < -0.39 is 17.9 Å². The number of amides is 2. The first-order chi connectivity index (χ1) is 14.4. The first-order valence-corrected chi connectivity index (χ1v) is 9.58. The second-order valence-corrected chi connectivity index (χ2v) is 7.01. The number of furan rings is 1. The molecule has 1 heterocycles. The van der Waals surface area contributed by atoms with Gasteiger partial charge in [-0.15, -0.1) is 0 Å². The van der Waals surface area contributed by atoms with Crippen molar-refractivity contribution in [1.82, 2.24) is 0 Å². The zero-order chi connectivity index (χ0) is 21.7. The molecule has 0 aliphatic rings. The van der Waals surface area contributed by atoms with Gasteiger partial charge >= 0.3 is 0 Å². The summed E-state index contributed by atoms with van der Waals surface area (Å²) >= 11 is 11.9. The number of rotatable bonds is 7. The molecule has 2 aromatic carbocycles. The van der Waals surface area contributed by atoms with Gasteiger partial charge in [0.1, 0.15) is 11.5 Å². The standard InChI is InChI=1S/C21H18Cl2N2O5/c1-12(30-17-8-5-13(22)10-15(17)23)20(26)24-14-6-7-16(19(11-14)28-2)25-21(27)18-4-3-9-29-18/h3-12H,1-2H3,(H,24,26)(H,25,27)/t12-/m0/s1. The van der Waals surface area contributed by atoms with Gasteiger partial charge in [-0.05, 0) is 49.4 Å². The van der Waals surface area contributed by atoms with Gasteiger partial charge in [0.05, 0.1) is 24.1 Å². The number of carbonyl (C=O) groups is 2. The summed E-state index contributed by atoms with van der Waals surface area (Å²) in [6.07, 6.45) is 0.582. The van der Waals surface area contributed by atoms with E-state index in [2.05, 4.69) is 10.6 Å². The van der Waals surface area contributed by atoms with Crippen molar-refractivity contribution >= 4 is 46.4 Å². The fraction of sp³-hybridized carbons (Fsp3) is 0.143. The quantitative estimate of drug-likeness (QED) is 0.514. The molecule has 0 radical (unpaired) electrons. The fourth-order valence-electron chi connectivity index (χ4n) is 2.52. The Morgan fingerprint density at radius 1 is 1.03 bits per heavy atom. The number of halogens is 2. The predicted molar refractivity (Wildman–Crippen MR) is 115 cm³/mol. The minimum absolute atomic E-state index is 0.168. The summed E-state index contributed by atoms with van der Waals surface area (Å²) in [5, 5.41) is 6.20. The molecule has 0 spiro atoms. The Labute approximate surface area is 182 Å². The van der Waals surface area contributed by atoms with Crippen LogP contribution in [0.3, 0.4) is 0 Å². The van der Waals surface area contributed by atoms with Gasteiger partial charge in [0.2, 0.25) is 0 Å². The summed E-state index contributed by atoms with van der Waals surface area (Å²) in [4.78, 5) is 24.6. The second kappa shape index (κ2) is 9.56. The molecule has 0 saturated heterocycles. The van der Waals surface area contributed by atoms with Gasteiger partial charge in [-0.3, -0.25) is 9.59 Å². The zero-order valence-corrected chi connectivity index (χ0v) is 17.6. The second-order valence-electron chi connectivity index (χ2n) is 6.17.